The van der Waals surface area contributed by atoms with Gasteiger partial charge in [0.25, 0.3) is 0 Å². The first-order valence-corrected chi connectivity index (χ1v) is 9.09. The second kappa shape index (κ2) is 5.22. The van der Waals surface area contributed by atoms with Gasteiger partial charge in [-0.25, -0.2) is 0 Å². The summed E-state index contributed by atoms with van der Waals surface area (Å²) >= 11 is 0. The third-order valence-electron chi connectivity index (χ3n) is 6.62. The molecule has 134 valence electrons. The molecule has 25 heavy (non-hydrogen) atoms. The normalized spacial score (nSPS) is 38.2. The Bertz CT molecular complexity index is 747. The number of fused-ring (bicyclic) bond motifs is 1. The lowest BCUT2D eigenvalue weighted by Gasteiger charge is -2.47. The van der Waals surface area contributed by atoms with Gasteiger partial charge in [-0.3, -0.25) is 4.90 Å². The van der Waals surface area contributed by atoms with Gasteiger partial charge >= 0.3 is 0 Å². The molecule has 2 unspecified atom stereocenters. The van der Waals surface area contributed by atoms with E-state index in [4.69, 9.17) is 18.9 Å². The van der Waals surface area contributed by atoms with Gasteiger partial charge in [-0.1, -0.05) is 6.08 Å². The van der Waals surface area contributed by atoms with E-state index in [2.05, 4.69) is 29.2 Å². The average molecular weight is 343 g/mol. The zero-order valence-electron chi connectivity index (χ0n) is 15.1. The minimum absolute atomic E-state index is 0.107. The third kappa shape index (κ3) is 1.84. The van der Waals surface area contributed by atoms with Crippen molar-refractivity contribution < 1.29 is 18.9 Å². The summed E-state index contributed by atoms with van der Waals surface area (Å²) in [6.07, 6.45) is 7.96. The van der Waals surface area contributed by atoms with Crippen LogP contribution in [0, 0.1) is 0 Å². The molecule has 5 heteroatoms. The molecular weight excluding hydrogens is 318 g/mol. The molecule has 4 aliphatic rings. The van der Waals surface area contributed by atoms with Crippen molar-refractivity contribution in [2.45, 2.75) is 42.6 Å². The maximum atomic E-state index is 6.28. The summed E-state index contributed by atoms with van der Waals surface area (Å²) in [6, 6.07) is 4.35. The molecule has 2 saturated heterocycles. The molecule has 0 saturated carbocycles. The van der Waals surface area contributed by atoms with Crippen LogP contribution in [-0.2, 0) is 21.4 Å². The lowest BCUT2D eigenvalue weighted by Crippen LogP contribution is -2.54. The molecule has 3 aliphatic heterocycles. The number of nitrogens with zero attached hydrogens (tertiary/aromatic N) is 1. The Hall–Kier alpha value is -1.56. The molecule has 0 amide bonds. The lowest BCUT2D eigenvalue weighted by atomic mass is 9.69. The maximum absolute atomic E-state index is 6.28. The van der Waals surface area contributed by atoms with Gasteiger partial charge in [0.15, 0.2) is 11.5 Å². The summed E-state index contributed by atoms with van der Waals surface area (Å²) in [7, 11) is 5.20. The SMILES string of the molecule is COc1cc2c(cc1OC)[C@]13CC(OC)C=C[C@]14OC4CN3CCC2. The number of hydrogen-bond acceptors (Lipinski definition) is 5. The lowest BCUT2D eigenvalue weighted by molar-refractivity contribution is -0.0222. The van der Waals surface area contributed by atoms with Crippen LogP contribution in [0.2, 0.25) is 0 Å². The van der Waals surface area contributed by atoms with Gasteiger partial charge < -0.3 is 18.9 Å². The topological polar surface area (TPSA) is 43.5 Å². The zero-order chi connectivity index (χ0) is 17.2. The number of hydrogen-bond donors (Lipinski definition) is 0. The Morgan fingerprint density at radius 1 is 1.16 bits per heavy atom. The summed E-state index contributed by atoms with van der Waals surface area (Å²) in [5, 5.41) is 0. The molecule has 5 nitrogen and oxygen atoms in total. The summed E-state index contributed by atoms with van der Waals surface area (Å²) < 4.78 is 23.2. The van der Waals surface area contributed by atoms with Crippen molar-refractivity contribution in [3.05, 3.63) is 35.4 Å². The van der Waals surface area contributed by atoms with Crippen molar-refractivity contribution in [1.82, 2.24) is 4.90 Å². The number of ether oxygens (including phenoxy) is 4. The molecule has 2 spiro atoms. The zero-order valence-corrected chi connectivity index (χ0v) is 15.1. The summed E-state index contributed by atoms with van der Waals surface area (Å²) in [5.41, 5.74) is 2.30. The molecule has 4 atom stereocenters. The van der Waals surface area contributed by atoms with Crippen LogP contribution in [0.5, 0.6) is 11.5 Å². The van der Waals surface area contributed by atoms with Crippen molar-refractivity contribution in [3.63, 3.8) is 0 Å². The van der Waals surface area contributed by atoms with E-state index < -0.39 is 0 Å². The van der Waals surface area contributed by atoms with Crippen molar-refractivity contribution in [3.8, 4) is 11.5 Å². The monoisotopic (exact) mass is 343 g/mol. The van der Waals surface area contributed by atoms with E-state index in [-0.39, 0.29) is 17.2 Å². The van der Waals surface area contributed by atoms with Crippen molar-refractivity contribution >= 4 is 0 Å². The van der Waals surface area contributed by atoms with Gasteiger partial charge in [-0.05, 0) is 48.7 Å². The fourth-order valence-electron chi connectivity index (χ4n) is 5.43. The summed E-state index contributed by atoms with van der Waals surface area (Å²) in [4.78, 5) is 2.63. The van der Waals surface area contributed by atoms with Crippen LogP contribution in [0.15, 0.2) is 24.3 Å². The molecule has 3 heterocycles. The van der Waals surface area contributed by atoms with E-state index in [1.807, 2.05) is 0 Å². The number of benzene rings is 1. The van der Waals surface area contributed by atoms with Gasteiger partial charge in [-0.15, -0.1) is 0 Å². The first kappa shape index (κ1) is 15.7. The average Bonchev–Trinajstić information content (AvgIpc) is 3.30. The first-order valence-electron chi connectivity index (χ1n) is 9.09. The highest BCUT2D eigenvalue weighted by Crippen LogP contribution is 2.65. The predicted molar refractivity (Wildman–Crippen MR) is 93.3 cm³/mol. The van der Waals surface area contributed by atoms with E-state index in [0.29, 0.717) is 6.10 Å². The number of epoxide rings is 1. The van der Waals surface area contributed by atoms with E-state index in [1.165, 1.54) is 11.1 Å². The van der Waals surface area contributed by atoms with E-state index >= 15 is 0 Å². The fourth-order valence-corrected chi connectivity index (χ4v) is 5.43. The van der Waals surface area contributed by atoms with Crippen LogP contribution in [0.3, 0.4) is 0 Å². The second-order valence-corrected chi connectivity index (χ2v) is 7.51. The highest BCUT2D eigenvalue weighted by atomic mass is 16.6. The van der Waals surface area contributed by atoms with Crippen molar-refractivity contribution in [2.24, 2.45) is 0 Å². The van der Waals surface area contributed by atoms with Crippen LogP contribution >= 0.6 is 0 Å². The van der Waals surface area contributed by atoms with Gasteiger partial charge in [0.1, 0.15) is 11.7 Å². The Morgan fingerprint density at radius 2 is 1.96 bits per heavy atom. The molecule has 0 bridgehead atoms. The molecule has 5 rings (SSSR count). The number of aryl methyl sites for hydroxylation is 1. The molecule has 0 radical (unpaired) electrons. The molecule has 1 aliphatic carbocycles. The molecule has 1 aromatic rings. The standard InChI is InChI=1S/C20H25NO4/c1-22-14-6-7-20-18(25-20)12-21-8-4-5-13-9-16(23-2)17(24-3)10-15(13)19(20,21)11-14/h6-7,9-10,14,18H,4-5,8,11-12H2,1-3H3/t14?,18?,19-,20-/m1/s1. The van der Waals surface area contributed by atoms with Crippen LogP contribution in [-0.4, -0.2) is 57.1 Å². The third-order valence-corrected chi connectivity index (χ3v) is 6.62. The smallest absolute Gasteiger partial charge is 0.161 e. The van der Waals surface area contributed by atoms with Gasteiger partial charge in [0.2, 0.25) is 0 Å². The Morgan fingerprint density at radius 3 is 2.72 bits per heavy atom. The van der Waals surface area contributed by atoms with Crippen LogP contribution in [0.1, 0.15) is 24.0 Å². The van der Waals surface area contributed by atoms with Crippen LogP contribution < -0.4 is 9.47 Å². The summed E-state index contributed by atoms with van der Waals surface area (Å²) in [5.74, 6) is 1.60. The van der Waals surface area contributed by atoms with Gasteiger partial charge in [0, 0.05) is 20.1 Å². The highest BCUT2D eigenvalue weighted by Gasteiger charge is 2.77. The predicted octanol–water partition coefficient (Wildman–Crippen LogP) is 2.27. The second-order valence-electron chi connectivity index (χ2n) is 7.51. The van der Waals surface area contributed by atoms with E-state index in [9.17, 15) is 0 Å². The van der Waals surface area contributed by atoms with Crippen LogP contribution in [0.4, 0.5) is 0 Å². The van der Waals surface area contributed by atoms with Gasteiger partial charge in [-0.2, -0.15) is 0 Å². The number of morpholine rings is 1. The minimum atomic E-state index is -0.208. The largest absolute Gasteiger partial charge is 0.493 e. The highest BCUT2D eigenvalue weighted by molar-refractivity contribution is 5.55. The minimum Gasteiger partial charge on any atom is -0.493 e. The number of rotatable bonds is 3. The Labute approximate surface area is 148 Å². The van der Waals surface area contributed by atoms with E-state index in [0.717, 1.165) is 43.9 Å². The summed E-state index contributed by atoms with van der Waals surface area (Å²) in [6.45, 7) is 2.08. The maximum Gasteiger partial charge on any atom is 0.161 e. The molecule has 0 aromatic heterocycles. The molecule has 0 N–H and O–H groups in total. The molecule has 1 aromatic carbocycles. The molecule has 2 fully saturated rings. The first-order chi connectivity index (χ1) is 12.2. The van der Waals surface area contributed by atoms with E-state index in [1.54, 1.807) is 21.3 Å². The van der Waals surface area contributed by atoms with Gasteiger partial charge in [0.05, 0.1) is 25.9 Å². The molecular formula is C20H25NO4. The number of methoxy groups -OCH3 is 3. The fraction of sp³-hybridized carbons (Fsp3) is 0.600. The Balaban J connectivity index is 1.75. The van der Waals surface area contributed by atoms with Crippen molar-refractivity contribution in [2.75, 3.05) is 34.4 Å². The Kier molecular flexibility index (Phi) is 3.28. The van der Waals surface area contributed by atoms with Crippen LogP contribution in [0.25, 0.3) is 0 Å². The quantitative estimate of drug-likeness (QED) is 0.622. The van der Waals surface area contributed by atoms with Crippen molar-refractivity contribution in [1.29, 1.82) is 0 Å².